The SMILES string of the molecule is CCOC(=O)[C@@H](Nc1ccc(OC)cc1)[C@@H](C)CNOCc1ccccc1. The van der Waals surface area contributed by atoms with E-state index in [0.29, 0.717) is 19.8 Å². The average Bonchev–Trinajstić information content (AvgIpc) is 2.70. The lowest BCUT2D eigenvalue weighted by molar-refractivity contribution is -0.145. The van der Waals surface area contributed by atoms with Gasteiger partial charge in [-0.1, -0.05) is 37.3 Å². The third kappa shape index (κ3) is 6.92. The molecule has 0 radical (unpaired) electrons. The molecule has 2 rings (SSSR count). The van der Waals surface area contributed by atoms with Gasteiger partial charge in [-0.05, 0) is 36.8 Å². The van der Waals surface area contributed by atoms with Crippen LogP contribution in [0.15, 0.2) is 54.6 Å². The Hall–Kier alpha value is -2.57. The third-order valence-electron chi connectivity index (χ3n) is 4.11. The summed E-state index contributed by atoms with van der Waals surface area (Å²) in [5.41, 5.74) is 4.85. The second kappa shape index (κ2) is 11.2. The summed E-state index contributed by atoms with van der Waals surface area (Å²) in [6.45, 7) is 5.07. The summed E-state index contributed by atoms with van der Waals surface area (Å²) in [6, 6.07) is 16.8. The number of methoxy groups -OCH3 is 1. The van der Waals surface area contributed by atoms with Gasteiger partial charge in [-0.25, -0.2) is 10.3 Å². The van der Waals surface area contributed by atoms with Crippen LogP contribution in [-0.4, -0.2) is 32.3 Å². The summed E-state index contributed by atoms with van der Waals surface area (Å²) in [4.78, 5) is 17.9. The smallest absolute Gasteiger partial charge is 0.328 e. The number of ether oxygens (including phenoxy) is 2. The van der Waals surface area contributed by atoms with Crippen molar-refractivity contribution in [2.75, 3.05) is 25.6 Å². The van der Waals surface area contributed by atoms with Crippen molar-refractivity contribution in [3.63, 3.8) is 0 Å². The Morgan fingerprint density at radius 3 is 2.41 bits per heavy atom. The molecular formula is C21H28N2O4. The fourth-order valence-electron chi connectivity index (χ4n) is 2.55. The van der Waals surface area contributed by atoms with E-state index < -0.39 is 6.04 Å². The van der Waals surface area contributed by atoms with Gasteiger partial charge in [-0.2, -0.15) is 0 Å². The summed E-state index contributed by atoms with van der Waals surface area (Å²) in [6.07, 6.45) is 0. The summed E-state index contributed by atoms with van der Waals surface area (Å²) in [5.74, 6) is 0.421. The lowest BCUT2D eigenvalue weighted by Crippen LogP contribution is -2.41. The lowest BCUT2D eigenvalue weighted by atomic mass is 10.0. The molecule has 0 saturated carbocycles. The molecule has 0 fully saturated rings. The largest absolute Gasteiger partial charge is 0.497 e. The van der Waals surface area contributed by atoms with Gasteiger partial charge in [0.15, 0.2) is 0 Å². The van der Waals surface area contributed by atoms with Crippen molar-refractivity contribution in [1.29, 1.82) is 0 Å². The summed E-state index contributed by atoms with van der Waals surface area (Å²) in [5, 5.41) is 3.25. The van der Waals surface area contributed by atoms with Crippen LogP contribution >= 0.6 is 0 Å². The van der Waals surface area contributed by atoms with Gasteiger partial charge in [0.25, 0.3) is 0 Å². The molecule has 0 aromatic heterocycles. The van der Waals surface area contributed by atoms with E-state index >= 15 is 0 Å². The van der Waals surface area contributed by atoms with E-state index in [9.17, 15) is 4.79 Å². The molecule has 0 aliphatic heterocycles. The molecule has 2 aromatic rings. The highest BCUT2D eigenvalue weighted by molar-refractivity contribution is 5.79. The molecule has 0 heterocycles. The second-order valence-electron chi connectivity index (χ2n) is 6.20. The molecule has 0 saturated heterocycles. The predicted molar refractivity (Wildman–Crippen MR) is 105 cm³/mol. The summed E-state index contributed by atoms with van der Waals surface area (Å²) >= 11 is 0. The minimum absolute atomic E-state index is 0.0538. The van der Waals surface area contributed by atoms with Crippen molar-refractivity contribution in [3.05, 3.63) is 60.2 Å². The third-order valence-corrected chi connectivity index (χ3v) is 4.11. The molecule has 146 valence electrons. The molecule has 0 bridgehead atoms. The van der Waals surface area contributed by atoms with Crippen molar-refractivity contribution in [2.24, 2.45) is 5.92 Å². The average molecular weight is 372 g/mol. The molecule has 6 nitrogen and oxygen atoms in total. The van der Waals surface area contributed by atoms with Crippen LogP contribution < -0.4 is 15.5 Å². The van der Waals surface area contributed by atoms with Crippen molar-refractivity contribution in [1.82, 2.24) is 5.48 Å². The highest BCUT2D eigenvalue weighted by Gasteiger charge is 2.26. The van der Waals surface area contributed by atoms with Crippen LogP contribution in [0.4, 0.5) is 5.69 Å². The van der Waals surface area contributed by atoms with Crippen molar-refractivity contribution in [2.45, 2.75) is 26.5 Å². The standard InChI is InChI=1S/C21H28N2O4/c1-4-26-21(24)20(23-18-10-12-19(25-3)13-11-18)16(2)14-22-27-15-17-8-6-5-7-9-17/h5-13,16,20,22-23H,4,14-15H2,1-3H3/t16-,20-/m0/s1. The number of carbonyl (C=O) groups is 1. The van der Waals surface area contributed by atoms with E-state index in [1.165, 1.54) is 0 Å². The Labute approximate surface area is 160 Å². The van der Waals surface area contributed by atoms with Gasteiger partial charge >= 0.3 is 5.97 Å². The van der Waals surface area contributed by atoms with Crippen LogP contribution in [0.25, 0.3) is 0 Å². The van der Waals surface area contributed by atoms with Gasteiger partial charge in [0.2, 0.25) is 0 Å². The minimum atomic E-state index is -0.494. The molecule has 0 spiro atoms. The number of esters is 1. The first-order valence-electron chi connectivity index (χ1n) is 9.09. The van der Waals surface area contributed by atoms with E-state index in [4.69, 9.17) is 14.3 Å². The van der Waals surface area contributed by atoms with Gasteiger partial charge in [-0.3, -0.25) is 4.84 Å². The zero-order valence-electron chi connectivity index (χ0n) is 16.1. The van der Waals surface area contributed by atoms with Gasteiger partial charge in [0, 0.05) is 18.2 Å². The normalized spacial score (nSPS) is 12.9. The van der Waals surface area contributed by atoms with Crippen LogP contribution in [0.2, 0.25) is 0 Å². The number of hydrogen-bond acceptors (Lipinski definition) is 6. The van der Waals surface area contributed by atoms with E-state index in [2.05, 4.69) is 10.8 Å². The molecule has 2 aromatic carbocycles. The zero-order valence-corrected chi connectivity index (χ0v) is 16.1. The van der Waals surface area contributed by atoms with Crippen LogP contribution in [-0.2, 0) is 21.0 Å². The molecule has 2 N–H and O–H groups in total. The van der Waals surface area contributed by atoms with Gasteiger partial charge < -0.3 is 14.8 Å². The van der Waals surface area contributed by atoms with Gasteiger partial charge in [0.05, 0.1) is 20.3 Å². The fraction of sp³-hybridized carbons (Fsp3) is 0.381. The topological polar surface area (TPSA) is 68.8 Å². The van der Waals surface area contributed by atoms with Gasteiger partial charge in [-0.15, -0.1) is 0 Å². The molecule has 0 amide bonds. The van der Waals surface area contributed by atoms with Crippen LogP contribution in [0.3, 0.4) is 0 Å². The number of anilines is 1. The number of hydrogen-bond donors (Lipinski definition) is 2. The quantitative estimate of drug-likeness (QED) is 0.358. The maximum absolute atomic E-state index is 12.4. The lowest BCUT2D eigenvalue weighted by Gasteiger charge is -2.24. The van der Waals surface area contributed by atoms with Crippen LogP contribution in [0, 0.1) is 5.92 Å². The molecule has 0 aliphatic carbocycles. The highest BCUT2D eigenvalue weighted by Crippen LogP contribution is 2.18. The molecule has 0 aliphatic rings. The predicted octanol–water partition coefficient (Wildman–Crippen LogP) is 3.40. The molecule has 27 heavy (non-hydrogen) atoms. The monoisotopic (exact) mass is 372 g/mol. The first-order valence-corrected chi connectivity index (χ1v) is 9.09. The summed E-state index contributed by atoms with van der Waals surface area (Å²) in [7, 11) is 1.62. The van der Waals surface area contributed by atoms with Crippen LogP contribution in [0.5, 0.6) is 5.75 Å². The van der Waals surface area contributed by atoms with E-state index in [0.717, 1.165) is 17.0 Å². The first kappa shape index (κ1) is 20.7. The second-order valence-corrected chi connectivity index (χ2v) is 6.20. The van der Waals surface area contributed by atoms with Crippen LogP contribution in [0.1, 0.15) is 19.4 Å². The minimum Gasteiger partial charge on any atom is -0.497 e. The Morgan fingerprint density at radius 1 is 1.07 bits per heavy atom. The van der Waals surface area contributed by atoms with Crippen molar-refractivity contribution in [3.8, 4) is 5.75 Å². The number of nitrogens with one attached hydrogen (secondary N) is 2. The fourth-order valence-corrected chi connectivity index (χ4v) is 2.55. The Bertz CT molecular complexity index is 676. The number of carbonyl (C=O) groups excluding carboxylic acids is 1. The maximum atomic E-state index is 12.4. The summed E-state index contributed by atoms with van der Waals surface area (Å²) < 4.78 is 10.4. The highest BCUT2D eigenvalue weighted by atomic mass is 16.6. The Kier molecular flexibility index (Phi) is 8.61. The molecule has 0 unspecified atom stereocenters. The number of benzene rings is 2. The van der Waals surface area contributed by atoms with Gasteiger partial charge in [0.1, 0.15) is 11.8 Å². The van der Waals surface area contributed by atoms with E-state index in [-0.39, 0.29) is 11.9 Å². The maximum Gasteiger partial charge on any atom is 0.328 e. The molecule has 2 atom stereocenters. The number of hydroxylamine groups is 1. The molecular weight excluding hydrogens is 344 g/mol. The van der Waals surface area contributed by atoms with Crippen molar-refractivity contribution >= 4 is 11.7 Å². The van der Waals surface area contributed by atoms with E-state index in [1.54, 1.807) is 14.0 Å². The zero-order chi connectivity index (χ0) is 19.5. The van der Waals surface area contributed by atoms with Crippen molar-refractivity contribution < 1.29 is 19.1 Å². The molecule has 6 heteroatoms. The Balaban J connectivity index is 1.90. The first-order chi connectivity index (χ1) is 13.1. The Morgan fingerprint density at radius 2 is 1.78 bits per heavy atom. The number of rotatable bonds is 11. The van der Waals surface area contributed by atoms with E-state index in [1.807, 2.05) is 61.5 Å².